The van der Waals surface area contributed by atoms with Gasteiger partial charge in [0.15, 0.2) is 0 Å². The Labute approximate surface area is 117 Å². The maximum Gasteiger partial charge on any atom is 0.102 e. The predicted molar refractivity (Wildman–Crippen MR) is 78.2 cm³/mol. The summed E-state index contributed by atoms with van der Waals surface area (Å²) in [6.45, 7) is 5.55. The summed E-state index contributed by atoms with van der Waals surface area (Å²) in [5, 5.41) is 10.3. The maximum absolute atomic E-state index is 10.3. The lowest BCUT2D eigenvalue weighted by Gasteiger charge is -2.23. The Balaban J connectivity index is 2.71. The van der Waals surface area contributed by atoms with Gasteiger partial charge in [-0.2, -0.15) is 0 Å². The van der Waals surface area contributed by atoms with E-state index in [4.69, 9.17) is 9.47 Å². The average molecular weight is 268 g/mol. The smallest absolute Gasteiger partial charge is 0.102 e. The van der Waals surface area contributed by atoms with E-state index in [1.165, 1.54) is 12.0 Å². The lowest BCUT2D eigenvalue weighted by Crippen LogP contribution is -2.31. The molecule has 3 atom stereocenters. The Bertz CT molecular complexity index is 296. The first-order valence-electron chi connectivity index (χ1n) is 7.27. The van der Waals surface area contributed by atoms with Crippen LogP contribution in [0.4, 0.5) is 0 Å². The maximum atomic E-state index is 10.3. The van der Waals surface area contributed by atoms with Crippen molar-refractivity contribution in [3.8, 4) is 0 Å². The standard InChI is InChI=1S/C16H28O3/c1-13-11-14(2)16(17)15(18-3)9-7-5-4-6-8-10-19-12-13/h7,9,11,14-17H,4-6,8,10,12H2,1-3H3. The van der Waals surface area contributed by atoms with Crippen molar-refractivity contribution in [2.24, 2.45) is 5.92 Å². The molecule has 1 heterocycles. The van der Waals surface area contributed by atoms with E-state index in [2.05, 4.69) is 12.2 Å². The molecule has 0 aromatic rings. The number of aliphatic hydroxyl groups excluding tert-OH is 1. The van der Waals surface area contributed by atoms with Gasteiger partial charge in [-0.05, 0) is 26.2 Å². The average Bonchev–Trinajstić information content (AvgIpc) is 2.39. The van der Waals surface area contributed by atoms with E-state index < -0.39 is 6.10 Å². The molecule has 110 valence electrons. The van der Waals surface area contributed by atoms with E-state index in [1.807, 2.05) is 19.9 Å². The molecule has 3 unspecified atom stereocenters. The minimum atomic E-state index is -0.515. The van der Waals surface area contributed by atoms with E-state index in [9.17, 15) is 5.11 Å². The van der Waals surface area contributed by atoms with Crippen LogP contribution in [0.3, 0.4) is 0 Å². The molecule has 0 aromatic heterocycles. The molecule has 0 radical (unpaired) electrons. The van der Waals surface area contributed by atoms with E-state index in [1.54, 1.807) is 7.11 Å². The number of methoxy groups -OCH3 is 1. The fourth-order valence-corrected chi connectivity index (χ4v) is 2.33. The monoisotopic (exact) mass is 268 g/mol. The zero-order valence-corrected chi connectivity index (χ0v) is 12.5. The van der Waals surface area contributed by atoms with Crippen molar-refractivity contribution in [1.29, 1.82) is 0 Å². The van der Waals surface area contributed by atoms with Crippen LogP contribution in [-0.4, -0.2) is 37.6 Å². The van der Waals surface area contributed by atoms with Gasteiger partial charge in [0.05, 0.1) is 12.7 Å². The third-order valence-corrected chi connectivity index (χ3v) is 3.51. The van der Waals surface area contributed by atoms with Crippen molar-refractivity contribution >= 4 is 0 Å². The van der Waals surface area contributed by atoms with Gasteiger partial charge in [0.2, 0.25) is 0 Å². The third-order valence-electron chi connectivity index (χ3n) is 3.51. The molecule has 0 spiro atoms. The largest absolute Gasteiger partial charge is 0.389 e. The first-order chi connectivity index (χ1) is 9.15. The second-order valence-electron chi connectivity index (χ2n) is 5.39. The summed E-state index contributed by atoms with van der Waals surface area (Å²) >= 11 is 0. The van der Waals surface area contributed by atoms with Crippen LogP contribution in [0.1, 0.15) is 39.5 Å². The minimum Gasteiger partial charge on any atom is -0.389 e. The zero-order chi connectivity index (χ0) is 14.1. The Morgan fingerprint density at radius 3 is 2.84 bits per heavy atom. The van der Waals surface area contributed by atoms with Crippen LogP contribution in [-0.2, 0) is 9.47 Å². The fraction of sp³-hybridized carbons (Fsp3) is 0.750. The summed E-state index contributed by atoms with van der Waals surface area (Å²) < 4.78 is 11.0. The lowest BCUT2D eigenvalue weighted by molar-refractivity contribution is -0.00204. The first-order valence-corrected chi connectivity index (χ1v) is 7.27. The number of ether oxygens (including phenoxy) is 2. The van der Waals surface area contributed by atoms with Crippen molar-refractivity contribution in [1.82, 2.24) is 0 Å². The van der Waals surface area contributed by atoms with Gasteiger partial charge in [0, 0.05) is 19.6 Å². The number of allylic oxidation sites excluding steroid dienone is 1. The summed E-state index contributed by atoms with van der Waals surface area (Å²) in [7, 11) is 1.65. The molecular formula is C16H28O3. The van der Waals surface area contributed by atoms with Crippen LogP contribution >= 0.6 is 0 Å². The summed E-state index contributed by atoms with van der Waals surface area (Å²) in [5.74, 6) is 0.0566. The molecule has 0 bridgehead atoms. The van der Waals surface area contributed by atoms with E-state index in [0.717, 1.165) is 25.9 Å². The van der Waals surface area contributed by atoms with Crippen LogP contribution in [0.2, 0.25) is 0 Å². The third kappa shape index (κ3) is 6.37. The van der Waals surface area contributed by atoms with Crippen LogP contribution in [0, 0.1) is 5.92 Å². The van der Waals surface area contributed by atoms with Gasteiger partial charge in [-0.25, -0.2) is 0 Å². The molecule has 0 aromatic carbocycles. The fourth-order valence-electron chi connectivity index (χ4n) is 2.33. The highest BCUT2D eigenvalue weighted by molar-refractivity contribution is 5.05. The zero-order valence-electron chi connectivity index (χ0n) is 12.5. The molecule has 1 rings (SSSR count). The highest BCUT2D eigenvalue weighted by Gasteiger charge is 2.21. The number of aliphatic hydroxyl groups is 1. The quantitative estimate of drug-likeness (QED) is 0.743. The summed E-state index contributed by atoms with van der Waals surface area (Å²) in [4.78, 5) is 0. The summed E-state index contributed by atoms with van der Waals surface area (Å²) in [6, 6.07) is 0. The highest BCUT2D eigenvalue weighted by atomic mass is 16.5. The van der Waals surface area contributed by atoms with Crippen LogP contribution < -0.4 is 0 Å². The molecule has 19 heavy (non-hydrogen) atoms. The second-order valence-corrected chi connectivity index (χ2v) is 5.39. The van der Waals surface area contributed by atoms with Gasteiger partial charge in [-0.15, -0.1) is 0 Å². The molecule has 0 saturated carbocycles. The number of hydrogen-bond acceptors (Lipinski definition) is 3. The Morgan fingerprint density at radius 1 is 1.32 bits per heavy atom. The Hall–Kier alpha value is -0.640. The molecule has 0 aliphatic carbocycles. The van der Waals surface area contributed by atoms with Gasteiger partial charge in [-0.1, -0.05) is 37.1 Å². The van der Waals surface area contributed by atoms with Crippen molar-refractivity contribution in [3.63, 3.8) is 0 Å². The number of rotatable bonds is 1. The van der Waals surface area contributed by atoms with Crippen LogP contribution in [0.5, 0.6) is 0 Å². The molecule has 0 amide bonds. The molecule has 3 nitrogen and oxygen atoms in total. The van der Waals surface area contributed by atoms with Crippen molar-refractivity contribution < 1.29 is 14.6 Å². The molecule has 1 N–H and O–H groups in total. The van der Waals surface area contributed by atoms with Crippen LogP contribution in [0.25, 0.3) is 0 Å². The van der Waals surface area contributed by atoms with Crippen molar-refractivity contribution in [3.05, 3.63) is 23.8 Å². The van der Waals surface area contributed by atoms with Gasteiger partial charge in [0.25, 0.3) is 0 Å². The summed E-state index contributed by atoms with van der Waals surface area (Å²) in [5.41, 5.74) is 1.17. The van der Waals surface area contributed by atoms with E-state index in [0.29, 0.717) is 6.61 Å². The number of hydrogen-bond donors (Lipinski definition) is 1. The van der Waals surface area contributed by atoms with Crippen LogP contribution in [0.15, 0.2) is 23.8 Å². The molecule has 3 heteroatoms. The van der Waals surface area contributed by atoms with Crippen molar-refractivity contribution in [2.45, 2.75) is 51.7 Å². The molecule has 1 aliphatic rings. The SMILES string of the molecule is COC1C=CCCCCCOCC(C)=CC(C)C1O. The van der Waals surface area contributed by atoms with Gasteiger partial charge in [-0.3, -0.25) is 0 Å². The van der Waals surface area contributed by atoms with Gasteiger partial charge in [0.1, 0.15) is 6.10 Å². The lowest BCUT2D eigenvalue weighted by atomic mass is 9.96. The second kappa shape index (κ2) is 9.29. The molecular weight excluding hydrogens is 240 g/mol. The molecule has 0 fully saturated rings. The predicted octanol–water partition coefficient (Wildman–Crippen LogP) is 3.09. The normalized spacial score (nSPS) is 31.6. The Morgan fingerprint density at radius 2 is 2.11 bits per heavy atom. The first kappa shape index (κ1) is 16.4. The van der Waals surface area contributed by atoms with Gasteiger partial charge >= 0.3 is 0 Å². The van der Waals surface area contributed by atoms with Gasteiger partial charge < -0.3 is 14.6 Å². The minimum absolute atomic E-state index is 0.0566. The summed E-state index contributed by atoms with van der Waals surface area (Å²) in [6.07, 6.45) is 9.95. The topological polar surface area (TPSA) is 38.7 Å². The van der Waals surface area contributed by atoms with E-state index >= 15 is 0 Å². The van der Waals surface area contributed by atoms with E-state index in [-0.39, 0.29) is 12.0 Å². The highest BCUT2D eigenvalue weighted by Crippen LogP contribution is 2.16. The van der Waals surface area contributed by atoms with Crippen molar-refractivity contribution in [2.75, 3.05) is 20.3 Å². The molecule has 0 saturated heterocycles. The Kier molecular flexibility index (Phi) is 8.03. The molecule has 1 aliphatic heterocycles.